The quantitative estimate of drug-likeness (QED) is 0.202. The number of para-hydroxylation sites is 3. The molecular formula is C37H33BN2. The molecule has 2 aliphatic heterocycles. The Morgan fingerprint density at radius 2 is 1.18 bits per heavy atom. The molecule has 3 heterocycles. The predicted molar refractivity (Wildman–Crippen MR) is 172 cm³/mol. The fraction of sp³-hybridized carbons (Fsp3) is 0.189. The van der Waals surface area contributed by atoms with Gasteiger partial charge in [0.2, 0.25) is 0 Å². The van der Waals surface area contributed by atoms with E-state index in [-0.39, 0.29) is 12.3 Å². The second-order valence-electron chi connectivity index (χ2n) is 12.5. The SMILES string of the molecule is Cc1cc(C)c2c(c1)C(C)(C)c1cc(C)cc(C)c1N2B1c2ccccc2-n2c3ccccc3c3cccc1c32. The van der Waals surface area contributed by atoms with E-state index < -0.39 is 0 Å². The largest absolute Gasteiger partial charge is 0.376 e. The zero-order valence-corrected chi connectivity index (χ0v) is 24.1. The molecule has 40 heavy (non-hydrogen) atoms. The van der Waals surface area contributed by atoms with Crippen LogP contribution in [0.25, 0.3) is 27.5 Å². The highest BCUT2D eigenvalue weighted by atomic mass is 15.1. The molecule has 1 aromatic heterocycles. The summed E-state index contributed by atoms with van der Waals surface area (Å²) in [5.74, 6) is 0. The summed E-state index contributed by atoms with van der Waals surface area (Å²) in [5.41, 5.74) is 17.4. The topological polar surface area (TPSA) is 8.17 Å². The van der Waals surface area contributed by atoms with Gasteiger partial charge in [0.15, 0.2) is 0 Å². The van der Waals surface area contributed by atoms with Gasteiger partial charge in [-0.25, -0.2) is 0 Å². The first-order chi connectivity index (χ1) is 19.3. The van der Waals surface area contributed by atoms with E-state index in [2.05, 4.69) is 142 Å². The molecule has 5 aromatic carbocycles. The minimum absolute atomic E-state index is 0.0492. The highest BCUT2D eigenvalue weighted by Crippen LogP contribution is 2.52. The van der Waals surface area contributed by atoms with E-state index >= 15 is 0 Å². The molecule has 0 saturated carbocycles. The van der Waals surface area contributed by atoms with Crippen LogP contribution in [-0.4, -0.2) is 11.4 Å². The van der Waals surface area contributed by atoms with Gasteiger partial charge in [-0.15, -0.1) is 0 Å². The molecule has 3 heteroatoms. The molecule has 6 aromatic rings. The van der Waals surface area contributed by atoms with Gasteiger partial charge in [0, 0.05) is 33.2 Å². The van der Waals surface area contributed by atoms with Crippen molar-refractivity contribution >= 4 is 51.0 Å². The average molecular weight is 516 g/mol. The van der Waals surface area contributed by atoms with Crippen LogP contribution in [0.5, 0.6) is 0 Å². The van der Waals surface area contributed by atoms with Gasteiger partial charge in [0.1, 0.15) is 0 Å². The summed E-state index contributed by atoms with van der Waals surface area (Å²) in [7, 11) is 0. The van der Waals surface area contributed by atoms with Crippen LogP contribution in [0.2, 0.25) is 0 Å². The summed E-state index contributed by atoms with van der Waals surface area (Å²) >= 11 is 0. The Labute approximate surface area is 237 Å². The van der Waals surface area contributed by atoms with Crippen LogP contribution in [-0.2, 0) is 5.41 Å². The number of hydrogen-bond donors (Lipinski definition) is 0. The van der Waals surface area contributed by atoms with Gasteiger partial charge in [-0.05, 0) is 73.0 Å². The Hall–Kier alpha value is -4.24. The van der Waals surface area contributed by atoms with E-state index in [1.165, 1.54) is 83.2 Å². The highest BCUT2D eigenvalue weighted by Gasteiger charge is 2.45. The van der Waals surface area contributed by atoms with Crippen LogP contribution in [0, 0.1) is 27.7 Å². The summed E-state index contributed by atoms with van der Waals surface area (Å²) in [6, 6.07) is 34.4. The summed E-state index contributed by atoms with van der Waals surface area (Å²) in [4.78, 5) is 2.70. The van der Waals surface area contributed by atoms with E-state index in [1.807, 2.05) is 0 Å². The van der Waals surface area contributed by atoms with Crippen LogP contribution in [0.3, 0.4) is 0 Å². The Balaban J connectivity index is 1.56. The van der Waals surface area contributed by atoms with Crippen molar-refractivity contribution < 1.29 is 0 Å². The van der Waals surface area contributed by atoms with Gasteiger partial charge in [-0.3, -0.25) is 0 Å². The molecule has 0 saturated heterocycles. The number of benzene rings is 5. The van der Waals surface area contributed by atoms with E-state index in [9.17, 15) is 0 Å². The standard InChI is InChI=1S/C37H33BN2/c1-22-18-24(3)34-28(20-22)37(5,6)29-21-23(2)19-25(4)35(29)40(34)38-30-14-8-10-17-33(30)39-32-16-9-7-12-26(32)27-13-11-15-31(38)36(27)39/h7-21H,1-6H3. The fourth-order valence-electron chi connectivity index (χ4n) is 7.91. The van der Waals surface area contributed by atoms with Gasteiger partial charge in [-0.2, -0.15) is 0 Å². The van der Waals surface area contributed by atoms with Crippen molar-refractivity contribution in [3.63, 3.8) is 0 Å². The normalized spacial score (nSPS) is 14.8. The maximum atomic E-state index is 2.70. The monoisotopic (exact) mass is 516 g/mol. The van der Waals surface area contributed by atoms with Crippen LogP contribution in [0.1, 0.15) is 47.2 Å². The van der Waals surface area contributed by atoms with Gasteiger partial charge in [0.25, 0.3) is 0 Å². The Morgan fingerprint density at radius 1 is 0.600 bits per heavy atom. The molecule has 0 radical (unpaired) electrons. The van der Waals surface area contributed by atoms with Crippen LogP contribution >= 0.6 is 0 Å². The number of hydrogen-bond acceptors (Lipinski definition) is 1. The first-order valence-electron chi connectivity index (χ1n) is 14.4. The Bertz CT molecular complexity index is 1980. The van der Waals surface area contributed by atoms with Gasteiger partial charge in [0.05, 0.1) is 11.0 Å². The lowest BCUT2D eigenvalue weighted by molar-refractivity contribution is 0.630. The molecule has 0 spiro atoms. The van der Waals surface area contributed by atoms with Gasteiger partial charge in [-0.1, -0.05) is 104 Å². The van der Waals surface area contributed by atoms with Crippen molar-refractivity contribution in [2.75, 3.05) is 4.81 Å². The third kappa shape index (κ3) is 2.90. The fourth-order valence-corrected chi connectivity index (χ4v) is 7.91. The maximum Gasteiger partial charge on any atom is 0.332 e. The number of aromatic nitrogens is 1. The molecule has 0 atom stereocenters. The molecule has 0 unspecified atom stereocenters. The van der Waals surface area contributed by atoms with Crippen molar-refractivity contribution in [3.05, 3.63) is 124 Å². The third-order valence-electron chi connectivity index (χ3n) is 9.47. The molecule has 0 aliphatic carbocycles. The Kier molecular flexibility index (Phi) is 4.68. The van der Waals surface area contributed by atoms with Crippen molar-refractivity contribution in [1.82, 2.24) is 4.57 Å². The molecular weight excluding hydrogens is 483 g/mol. The number of fused-ring (bicyclic) bond motifs is 7. The third-order valence-corrected chi connectivity index (χ3v) is 9.47. The average Bonchev–Trinajstić information content (AvgIpc) is 3.26. The van der Waals surface area contributed by atoms with Crippen molar-refractivity contribution in [3.8, 4) is 5.69 Å². The minimum atomic E-state index is -0.107. The molecule has 2 aliphatic rings. The Morgan fingerprint density at radius 3 is 1.88 bits per heavy atom. The van der Waals surface area contributed by atoms with E-state index in [0.717, 1.165) is 0 Å². The summed E-state index contributed by atoms with van der Waals surface area (Å²) in [5, 5.41) is 2.64. The second kappa shape index (κ2) is 7.91. The summed E-state index contributed by atoms with van der Waals surface area (Å²) in [6.07, 6.45) is 0. The first kappa shape index (κ1) is 23.6. The van der Waals surface area contributed by atoms with E-state index in [0.29, 0.717) is 0 Å². The molecule has 2 nitrogen and oxygen atoms in total. The number of nitrogens with zero attached hydrogens (tertiary/aromatic N) is 2. The molecule has 0 N–H and O–H groups in total. The number of aryl methyl sites for hydroxylation is 4. The number of rotatable bonds is 1. The van der Waals surface area contributed by atoms with E-state index in [4.69, 9.17) is 0 Å². The zero-order valence-electron chi connectivity index (χ0n) is 24.1. The number of anilines is 2. The van der Waals surface area contributed by atoms with Crippen LogP contribution in [0.15, 0.2) is 91.0 Å². The van der Waals surface area contributed by atoms with Crippen molar-refractivity contribution in [2.24, 2.45) is 0 Å². The van der Waals surface area contributed by atoms with Gasteiger partial charge >= 0.3 is 6.85 Å². The summed E-state index contributed by atoms with van der Waals surface area (Å²) < 4.78 is 2.51. The molecule has 0 fully saturated rings. The van der Waals surface area contributed by atoms with Crippen LogP contribution < -0.4 is 15.7 Å². The maximum absolute atomic E-state index is 2.70. The lowest BCUT2D eigenvalue weighted by Gasteiger charge is -2.47. The smallest absolute Gasteiger partial charge is 0.332 e. The second-order valence-corrected chi connectivity index (χ2v) is 12.5. The van der Waals surface area contributed by atoms with Crippen molar-refractivity contribution in [2.45, 2.75) is 47.0 Å². The van der Waals surface area contributed by atoms with Crippen LogP contribution in [0.4, 0.5) is 11.4 Å². The lowest BCUT2D eigenvalue weighted by Crippen LogP contribution is -2.60. The van der Waals surface area contributed by atoms with Gasteiger partial charge < -0.3 is 9.38 Å². The predicted octanol–water partition coefficient (Wildman–Crippen LogP) is 7.91. The molecule has 0 amide bonds. The van der Waals surface area contributed by atoms with E-state index in [1.54, 1.807) is 0 Å². The minimum Gasteiger partial charge on any atom is -0.376 e. The lowest BCUT2D eigenvalue weighted by atomic mass is 9.45. The summed E-state index contributed by atoms with van der Waals surface area (Å²) in [6.45, 7) is 13.9. The molecule has 8 rings (SSSR count). The highest BCUT2D eigenvalue weighted by molar-refractivity contribution is 6.92. The molecule has 0 bridgehead atoms. The molecule has 194 valence electrons. The first-order valence-corrected chi connectivity index (χ1v) is 14.4. The zero-order chi connectivity index (χ0) is 27.5. The van der Waals surface area contributed by atoms with Crippen molar-refractivity contribution in [1.29, 1.82) is 0 Å².